The van der Waals surface area contributed by atoms with E-state index in [-0.39, 0.29) is 10.8 Å². The van der Waals surface area contributed by atoms with Crippen molar-refractivity contribution in [1.29, 1.82) is 0 Å². The van der Waals surface area contributed by atoms with Gasteiger partial charge in [-0.1, -0.05) is 96.0 Å². The predicted octanol–water partition coefficient (Wildman–Crippen LogP) is 8.98. The maximum absolute atomic E-state index is 3.72. The lowest BCUT2D eigenvalue weighted by atomic mass is 9.71. The van der Waals surface area contributed by atoms with Gasteiger partial charge >= 0.3 is 0 Å². The van der Waals surface area contributed by atoms with Crippen LogP contribution >= 0.6 is 31.9 Å². The minimum absolute atomic E-state index is 0.0564. The Morgan fingerprint density at radius 2 is 0.967 bits per heavy atom. The Balaban J connectivity index is 1.88. The lowest BCUT2D eigenvalue weighted by Crippen LogP contribution is -2.24. The Morgan fingerprint density at radius 1 is 0.567 bits per heavy atom. The number of rotatable bonds is 0. The Morgan fingerprint density at radius 3 is 1.37 bits per heavy atom. The van der Waals surface area contributed by atoms with Crippen molar-refractivity contribution in [2.75, 3.05) is 0 Å². The van der Waals surface area contributed by atoms with Crippen molar-refractivity contribution in [3.05, 3.63) is 91.9 Å². The van der Waals surface area contributed by atoms with E-state index in [9.17, 15) is 0 Å². The molecule has 0 unspecified atom stereocenters. The van der Waals surface area contributed by atoms with Crippen LogP contribution in [0, 0.1) is 0 Å². The van der Waals surface area contributed by atoms with Crippen LogP contribution in [-0.2, 0) is 10.8 Å². The van der Waals surface area contributed by atoms with Crippen LogP contribution in [0.15, 0.2) is 69.6 Å². The molecule has 0 nitrogen and oxygen atoms in total. The van der Waals surface area contributed by atoms with Gasteiger partial charge < -0.3 is 0 Å². The largest absolute Gasteiger partial charge is 0.0616 e. The summed E-state index contributed by atoms with van der Waals surface area (Å²) in [5.41, 5.74) is 11.3. The number of benzene rings is 4. The molecule has 0 aliphatic heterocycles. The highest BCUT2D eigenvalue weighted by molar-refractivity contribution is 9.10. The summed E-state index contributed by atoms with van der Waals surface area (Å²) >= 11 is 7.44. The van der Waals surface area contributed by atoms with E-state index < -0.39 is 0 Å². The molecule has 0 heterocycles. The lowest BCUT2D eigenvalue weighted by molar-refractivity contribution is 0.601. The molecule has 0 saturated heterocycles. The van der Waals surface area contributed by atoms with Crippen LogP contribution in [0.4, 0.5) is 0 Å². The molecule has 0 saturated carbocycles. The van der Waals surface area contributed by atoms with Gasteiger partial charge in [-0.05, 0) is 79.5 Å². The maximum atomic E-state index is 3.72. The van der Waals surface area contributed by atoms with Crippen molar-refractivity contribution in [3.63, 3.8) is 0 Å². The fourth-order valence-electron chi connectivity index (χ4n) is 6.02. The molecule has 2 aliphatic rings. The van der Waals surface area contributed by atoms with Crippen molar-refractivity contribution in [3.8, 4) is 22.3 Å². The summed E-state index contributed by atoms with van der Waals surface area (Å²) in [6.07, 6.45) is 0. The minimum atomic E-state index is -0.0564. The van der Waals surface area contributed by atoms with Crippen molar-refractivity contribution in [2.24, 2.45) is 0 Å². The molecule has 0 aromatic heterocycles. The molecule has 148 valence electrons. The van der Waals surface area contributed by atoms with Crippen molar-refractivity contribution >= 4 is 42.6 Å². The Bertz CT molecular complexity index is 1300. The first kappa shape index (κ1) is 18.8. The van der Waals surface area contributed by atoms with Gasteiger partial charge in [0.1, 0.15) is 0 Å². The Kier molecular flexibility index (Phi) is 3.68. The summed E-state index contributed by atoms with van der Waals surface area (Å²) in [6, 6.07) is 22.6. The van der Waals surface area contributed by atoms with Gasteiger partial charge in [-0.3, -0.25) is 0 Å². The number of hydrogen-bond acceptors (Lipinski definition) is 0. The van der Waals surface area contributed by atoms with E-state index in [4.69, 9.17) is 0 Å². The zero-order valence-electron chi connectivity index (χ0n) is 17.5. The molecule has 0 radical (unpaired) electrons. The fraction of sp³-hybridized carbons (Fsp3) is 0.214. The van der Waals surface area contributed by atoms with Crippen LogP contribution in [0.3, 0.4) is 0 Å². The van der Waals surface area contributed by atoms with Crippen molar-refractivity contribution in [1.82, 2.24) is 0 Å². The zero-order valence-corrected chi connectivity index (χ0v) is 20.7. The number of fused-ring (bicyclic) bond motifs is 10. The zero-order chi connectivity index (χ0) is 21.0. The van der Waals surface area contributed by atoms with Crippen LogP contribution < -0.4 is 0 Å². The molecule has 4 aromatic rings. The summed E-state index contributed by atoms with van der Waals surface area (Å²) in [7, 11) is 0. The summed E-state index contributed by atoms with van der Waals surface area (Å²) in [4.78, 5) is 0. The first-order valence-electron chi connectivity index (χ1n) is 10.4. The van der Waals surface area contributed by atoms with E-state index in [1.807, 2.05) is 0 Å². The lowest BCUT2D eigenvalue weighted by Gasteiger charge is -2.31. The number of halogens is 2. The second-order valence-corrected chi connectivity index (χ2v) is 11.5. The first-order chi connectivity index (χ1) is 14.2. The monoisotopic (exact) mass is 516 g/mol. The summed E-state index contributed by atoms with van der Waals surface area (Å²) in [5.74, 6) is 0. The van der Waals surface area contributed by atoms with Gasteiger partial charge in [0.2, 0.25) is 0 Å². The quantitative estimate of drug-likeness (QED) is 0.218. The molecule has 0 N–H and O–H groups in total. The maximum Gasteiger partial charge on any atom is 0.0178 e. The highest BCUT2D eigenvalue weighted by Crippen LogP contribution is 2.62. The average molecular weight is 518 g/mol. The van der Waals surface area contributed by atoms with E-state index >= 15 is 0 Å². The smallest absolute Gasteiger partial charge is 0.0178 e. The van der Waals surface area contributed by atoms with Crippen LogP contribution in [0.2, 0.25) is 0 Å². The van der Waals surface area contributed by atoms with E-state index in [1.54, 1.807) is 0 Å². The molecule has 2 aliphatic carbocycles. The van der Waals surface area contributed by atoms with E-state index in [1.165, 1.54) is 55.3 Å². The molecule has 0 bridgehead atoms. The Labute approximate surface area is 194 Å². The van der Waals surface area contributed by atoms with Crippen LogP contribution in [0.5, 0.6) is 0 Å². The molecule has 2 heteroatoms. The van der Waals surface area contributed by atoms with Gasteiger partial charge in [-0.25, -0.2) is 0 Å². The van der Waals surface area contributed by atoms with Gasteiger partial charge in [-0.2, -0.15) is 0 Å². The third-order valence-corrected chi connectivity index (χ3v) is 8.30. The molecule has 0 spiro atoms. The standard InChI is InChI=1S/C28H22Br2/c1-27(2)21-13-15(29)9-11-19(21)23-17-7-5-6-8-18(17)24-20-12-10-16(30)14-22(20)28(3,4)26(24)25(23)27/h5-14H,1-4H3. The van der Waals surface area contributed by atoms with Gasteiger partial charge in [-0.15, -0.1) is 0 Å². The van der Waals surface area contributed by atoms with Gasteiger partial charge in [0, 0.05) is 19.8 Å². The highest BCUT2D eigenvalue weighted by Gasteiger charge is 2.47. The second kappa shape index (κ2) is 5.87. The van der Waals surface area contributed by atoms with Gasteiger partial charge in [0.25, 0.3) is 0 Å². The minimum Gasteiger partial charge on any atom is -0.0616 e. The topological polar surface area (TPSA) is 0 Å². The van der Waals surface area contributed by atoms with Crippen LogP contribution in [-0.4, -0.2) is 0 Å². The van der Waals surface area contributed by atoms with Crippen LogP contribution in [0.25, 0.3) is 33.0 Å². The molecule has 0 atom stereocenters. The molecular weight excluding hydrogens is 496 g/mol. The van der Waals surface area contributed by atoms with Gasteiger partial charge in [0.15, 0.2) is 0 Å². The number of hydrogen-bond donors (Lipinski definition) is 0. The summed E-state index contributed by atoms with van der Waals surface area (Å²) in [5, 5.41) is 2.74. The molecule has 30 heavy (non-hydrogen) atoms. The molecule has 4 aromatic carbocycles. The second-order valence-electron chi connectivity index (χ2n) is 9.68. The molecular formula is C28H22Br2. The highest BCUT2D eigenvalue weighted by atomic mass is 79.9. The summed E-state index contributed by atoms with van der Waals surface area (Å²) in [6.45, 7) is 9.59. The van der Waals surface area contributed by atoms with Crippen molar-refractivity contribution in [2.45, 2.75) is 38.5 Å². The van der Waals surface area contributed by atoms with Gasteiger partial charge in [0.05, 0.1) is 0 Å². The predicted molar refractivity (Wildman–Crippen MR) is 134 cm³/mol. The van der Waals surface area contributed by atoms with E-state index in [2.05, 4.69) is 120 Å². The van der Waals surface area contributed by atoms with Crippen LogP contribution in [0.1, 0.15) is 49.9 Å². The normalized spacial score (nSPS) is 16.9. The molecule has 0 fully saturated rings. The SMILES string of the molecule is CC1(C)c2cc(Br)ccc2-c2c1c1c(c3ccccc23)-c2ccc(Br)cc2C1(C)C. The average Bonchev–Trinajstić information content (AvgIpc) is 3.07. The van der Waals surface area contributed by atoms with E-state index in [0.29, 0.717) is 0 Å². The first-order valence-corrected chi connectivity index (χ1v) is 12.0. The third-order valence-electron chi connectivity index (χ3n) is 7.31. The molecule has 0 amide bonds. The summed E-state index contributed by atoms with van der Waals surface area (Å²) < 4.78 is 2.30. The van der Waals surface area contributed by atoms with Crippen molar-refractivity contribution < 1.29 is 0 Å². The van der Waals surface area contributed by atoms with E-state index in [0.717, 1.165) is 8.95 Å². The fourth-order valence-corrected chi connectivity index (χ4v) is 6.74. The molecule has 6 rings (SSSR count). The Hall–Kier alpha value is -1.90. The third kappa shape index (κ3) is 2.17.